The van der Waals surface area contributed by atoms with Crippen molar-refractivity contribution >= 4 is 17.3 Å². The van der Waals surface area contributed by atoms with E-state index < -0.39 is 0 Å². The largest absolute Gasteiger partial charge is 0.495 e. The van der Waals surface area contributed by atoms with Crippen LogP contribution in [0.15, 0.2) is 59.4 Å². The average Bonchev–Trinajstić information content (AvgIpc) is 3.02. The molecule has 30 heavy (non-hydrogen) atoms. The van der Waals surface area contributed by atoms with Crippen molar-refractivity contribution in [2.24, 2.45) is 7.05 Å². The van der Waals surface area contributed by atoms with E-state index in [0.717, 1.165) is 49.0 Å². The highest BCUT2D eigenvalue weighted by Gasteiger charge is 2.29. The van der Waals surface area contributed by atoms with Crippen LogP contribution in [0.4, 0.5) is 5.69 Å². The molecule has 3 aromatic rings. The standard InChI is InChI=1S/C23H27ClN4O2/c1-17(22-21(24)23(29)28(25(22)2)18-9-5-4-6-10-18)26-13-15-27(16-14-26)19-11-7-8-12-20(19)30-3/h4-12,17H,13-16H2,1-3H3. The zero-order chi connectivity index (χ0) is 21.3. The molecule has 0 N–H and O–H groups in total. The Bertz CT molecular complexity index is 1070. The maximum Gasteiger partial charge on any atom is 0.290 e. The number of halogens is 1. The lowest BCUT2D eigenvalue weighted by Gasteiger charge is -2.39. The summed E-state index contributed by atoms with van der Waals surface area (Å²) in [5.41, 5.74) is 2.59. The minimum atomic E-state index is -0.181. The van der Waals surface area contributed by atoms with Crippen LogP contribution in [0, 0.1) is 0 Å². The fourth-order valence-corrected chi connectivity index (χ4v) is 4.68. The van der Waals surface area contributed by atoms with Gasteiger partial charge in [-0.25, -0.2) is 4.68 Å². The molecule has 2 aromatic carbocycles. The first-order valence-electron chi connectivity index (χ1n) is 10.2. The van der Waals surface area contributed by atoms with Gasteiger partial charge < -0.3 is 9.64 Å². The quantitative estimate of drug-likeness (QED) is 0.623. The number of piperazine rings is 1. The number of benzene rings is 2. The number of para-hydroxylation sites is 3. The van der Waals surface area contributed by atoms with Gasteiger partial charge in [0.2, 0.25) is 0 Å². The van der Waals surface area contributed by atoms with Crippen molar-refractivity contribution < 1.29 is 4.74 Å². The maximum atomic E-state index is 12.9. The van der Waals surface area contributed by atoms with E-state index in [1.807, 2.05) is 60.3 Å². The first-order chi connectivity index (χ1) is 14.5. The Hall–Kier alpha value is -2.70. The van der Waals surface area contributed by atoms with Gasteiger partial charge in [-0.05, 0) is 31.2 Å². The molecule has 0 bridgehead atoms. The molecule has 0 saturated carbocycles. The molecular weight excluding hydrogens is 400 g/mol. The summed E-state index contributed by atoms with van der Waals surface area (Å²) in [6.45, 7) is 5.64. The third kappa shape index (κ3) is 3.61. The summed E-state index contributed by atoms with van der Waals surface area (Å²) >= 11 is 6.54. The van der Waals surface area contributed by atoms with Crippen molar-refractivity contribution in [1.29, 1.82) is 0 Å². The number of rotatable bonds is 5. The Labute approximate surface area is 181 Å². The molecule has 1 aliphatic heterocycles. The van der Waals surface area contributed by atoms with Crippen molar-refractivity contribution in [3.05, 3.63) is 75.7 Å². The van der Waals surface area contributed by atoms with Gasteiger partial charge in [0.25, 0.3) is 5.56 Å². The van der Waals surface area contributed by atoms with Crippen LogP contribution < -0.4 is 15.2 Å². The fraction of sp³-hybridized carbons (Fsp3) is 0.348. The normalized spacial score (nSPS) is 15.9. The number of ether oxygens (including phenoxy) is 1. The predicted octanol–water partition coefficient (Wildman–Crippen LogP) is 3.72. The molecule has 0 aliphatic carbocycles. The third-order valence-electron chi connectivity index (χ3n) is 5.94. The summed E-state index contributed by atoms with van der Waals surface area (Å²) in [7, 11) is 3.61. The van der Waals surface area contributed by atoms with E-state index in [4.69, 9.17) is 16.3 Å². The molecule has 1 saturated heterocycles. The first kappa shape index (κ1) is 20.6. The van der Waals surface area contributed by atoms with E-state index in [1.54, 1.807) is 11.8 Å². The van der Waals surface area contributed by atoms with Gasteiger partial charge in [-0.2, -0.15) is 0 Å². The van der Waals surface area contributed by atoms with E-state index in [2.05, 4.69) is 22.8 Å². The van der Waals surface area contributed by atoms with Crippen LogP contribution in [0.5, 0.6) is 5.75 Å². The molecule has 6 nitrogen and oxygen atoms in total. The summed E-state index contributed by atoms with van der Waals surface area (Å²) < 4.78 is 9.04. The van der Waals surface area contributed by atoms with Crippen LogP contribution in [-0.2, 0) is 7.05 Å². The van der Waals surface area contributed by atoms with E-state index in [0.29, 0.717) is 5.02 Å². The Kier molecular flexibility index (Phi) is 5.88. The summed E-state index contributed by atoms with van der Waals surface area (Å²) in [6.07, 6.45) is 0. The molecule has 0 amide bonds. The minimum Gasteiger partial charge on any atom is -0.495 e. The van der Waals surface area contributed by atoms with Gasteiger partial charge in [-0.1, -0.05) is 41.9 Å². The summed E-state index contributed by atoms with van der Waals surface area (Å²) in [6, 6.07) is 17.7. The zero-order valence-electron chi connectivity index (χ0n) is 17.6. The van der Waals surface area contributed by atoms with Crippen LogP contribution in [0.2, 0.25) is 5.02 Å². The topological polar surface area (TPSA) is 42.6 Å². The molecule has 2 heterocycles. The Balaban J connectivity index is 1.55. The second-order valence-electron chi connectivity index (χ2n) is 7.55. The lowest BCUT2D eigenvalue weighted by Crippen LogP contribution is -2.47. The molecular formula is C23H27ClN4O2. The Morgan fingerprint density at radius 3 is 2.27 bits per heavy atom. The highest BCUT2D eigenvalue weighted by molar-refractivity contribution is 6.31. The summed E-state index contributed by atoms with van der Waals surface area (Å²) in [5, 5.41) is 0.293. The Morgan fingerprint density at radius 2 is 1.60 bits per heavy atom. The first-order valence-corrected chi connectivity index (χ1v) is 10.6. The van der Waals surface area contributed by atoms with Crippen molar-refractivity contribution in [2.45, 2.75) is 13.0 Å². The van der Waals surface area contributed by atoms with Gasteiger partial charge in [0.1, 0.15) is 10.8 Å². The van der Waals surface area contributed by atoms with Gasteiger partial charge in [0, 0.05) is 33.2 Å². The van der Waals surface area contributed by atoms with Gasteiger partial charge in [-0.15, -0.1) is 0 Å². The minimum absolute atomic E-state index is 0.0278. The number of aromatic nitrogens is 2. The lowest BCUT2D eigenvalue weighted by molar-refractivity contribution is 0.190. The number of hydrogen-bond donors (Lipinski definition) is 0. The highest BCUT2D eigenvalue weighted by Crippen LogP contribution is 2.31. The second-order valence-corrected chi connectivity index (χ2v) is 7.92. The molecule has 0 radical (unpaired) electrons. The zero-order valence-corrected chi connectivity index (χ0v) is 18.3. The average molecular weight is 427 g/mol. The predicted molar refractivity (Wildman–Crippen MR) is 121 cm³/mol. The van der Waals surface area contributed by atoms with E-state index in [1.165, 1.54) is 0 Å². The van der Waals surface area contributed by atoms with Crippen LogP contribution in [0.1, 0.15) is 18.7 Å². The van der Waals surface area contributed by atoms with Crippen LogP contribution in [-0.4, -0.2) is 47.6 Å². The Morgan fingerprint density at radius 1 is 0.967 bits per heavy atom. The van der Waals surface area contributed by atoms with E-state index in [-0.39, 0.29) is 11.6 Å². The van der Waals surface area contributed by atoms with Gasteiger partial charge in [0.05, 0.1) is 30.2 Å². The number of hydrogen-bond acceptors (Lipinski definition) is 4. The molecule has 158 valence electrons. The van der Waals surface area contributed by atoms with Gasteiger partial charge in [0.15, 0.2) is 0 Å². The van der Waals surface area contributed by atoms with Crippen molar-refractivity contribution in [3.8, 4) is 11.4 Å². The molecule has 4 rings (SSSR count). The van der Waals surface area contributed by atoms with Crippen molar-refractivity contribution in [2.75, 3.05) is 38.2 Å². The molecule has 1 unspecified atom stereocenters. The van der Waals surface area contributed by atoms with Gasteiger partial charge in [-0.3, -0.25) is 14.4 Å². The molecule has 1 aromatic heterocycles. The lowest BCUT2D eigenvalue weighted by atomic mass is 10.1. The molecule has 0 spiro atoms. The highest BCUT2D eigenvalue weighted by atomic mass is 35.5. The number of anilines is 1. The molecule has 1 aliphatic rings. The maximum absolute atomic E-state index is 12.9. The second kappa shape index (κ2) is 8.58. The summed E-state index contributed by atoms with van der Waals surface area (Å²) in [4.78, 5) is 17.6. The molecule has 1 fully saturated rings. The van der Waals surface area contributed by atoms with E-state index >= 15 is 0 Å². The summed E-state index contributed by atoms with van der Waals surface area (Å²) in [5.74, 6) is 0.893. The third-order valence-corrected chi connectivity index (χ3v) is 6.29. The number of methoxy groups -OCH3 is 1. The smallest absolute Gasteiger partial charge is 0.290 e. The van der Waals surface area contributed by atoms with Crippen LogP contribution in [0.3, 0.4) is 0 Å². The van der Waals surface area contributed by atoms with Crippen molar-refractivity contribution in [1.82, 2.24) is 14.3 Å². The number of nitrogens with zero attached hydrogens (tertiary/aromatic N) is 4. The monoisotopic (exact) mass is 426 g/mol. The van der Waals surface area contributed by atoms with E-state index in [9.17, 15) is 4.79 Å². The van der Waals surface area contributed by atoms with Crippen LogP contribution in [0.25, 0.3) is 5.69 Å². The SMILES string of the molecule is COc1ccccc1N1CCN(C(C)c2c(Cl)c(=O)n(-c3ccccc3)n2C)CC1. The van der Waals surface area contributed by atoms with Gasteiger partial charge >= 0.3 is 0 Å². The fourth-order valence-electron chi connectivity index (χ4n) is 4.32. The molecule has 1 atom stereocenters. The van der Waals surface area contributed by atoms with Crippen LogP contribution >= 0.6 is 11.6 Å². The molecule has 7 heteroatoms. The van der Waals surface area contributed by atoms with Crippen molar-refractivity contribution in [3.63, 3.8) is 0 Å².